The van der Waals surface area contributed by atoms with E-state index in [0.717, 1.165) is 21.8 Å². The summed E-state index contributed by atoms with van der Waals surface area (Å²) in [4.78, 5) is 26.6. The molecule has 2 amide bonds. The number of ether oxygens (including phenoxy) is 1. The van der Waals surface area contributed by atoms with Gasteiger partial charge in [0.25, 0.3) is 11.8 Å². The van der Waals surface area contributed by atoms with E-state index in [1.165, 1.54) is 11.3 Å². The van der Waals surface area contributed by atoms with Gasteiger partial charge in [0, 0.05) is 10.4 Å². The first-order valence-electron chi connectivity index (χ1n) is 9.54. The number of carbonyl (C=O) groups excluding carboxylic acids is 2. The third-order valence-electron chi connectivity index (χ3n) is 4.57. The quantitative estimate of drug-likeness (QED) is 0.544. The number of rotatable bonds is 7. The molecule has 0 saturated heterocycles. The summed E-state index contributed by atoms with van der Waals surface area (Å²) in [6, 6.07) is 18.3. The molecule has 154 valence electrons. The minimum atomic E-state index is -0.354. The molecule has 0 aliphatic rings. The van der Waals surface area contributed by atoms with Gasteiger partial charge in [-0.1, -0.05) is 35.9 Å². The summed E-state index contributed by atoms with van der Waals surface area (Å²) in [6.45, 7) is 3.81. The van der Waals surface area contributed by atoms with E-state index in [0.29, 0.717) is 5.56 Å². The highest BCUT2D eigenvalue weighted by atomic mass is 32.1. The predicted octanol–water partition coefficient (Wildman–Crippen LogP) is 4.71. The van der Waals surface area contributed by atoms with Gasteiger partial charge in [-0.3, -0.25) is 9.59 Å². The monoisotopic (exact) mass is 420 g/mol. The van der Waals surface area contributed by atoms with Crippen LogP contribution in [-0.4, -0.2) is 18.9 Å². The summed E-state index contributed by atoms with van der Waals surface area (Å²) >= 11 is 1.49. The van der Waals surface area contributed by atoms with Gasteiger partial charge in [-0.05, 0) is 61.2 Å². The molecule has 0 bridgehead atoms. The number of aryl methyl sites for hydroxylation is 1. The van der Waals surface area contributed by atoms with E-state index >= 15 is 0 Å². The van der Waals surface area contributed by atoms with Crippen LogP contribution in [0.2, 0.25) is 0 Å². The summed E-state index contributed by atoms with van der Waals surface area (Å²) in [7, 11) is 1.61. The van der Waals surface area contributed by atoms with Gasteiger partial charge in [0.1, 0.15) is 11.4 Å². The van der Waals surface area contributed by atoms with Crippen LogP contribution < -0.4 is 15.4 Å². The van der Waals surface area contributed by atoms with Crippen molar-refractivity contribution in [2.24, 2.45) is 0 Å². The van der Waals surface area contributed by atoms with E-state index in [4.69, 9.17) is 4.74 Å². The van der Waals surface area contributed by atoms with E-state index in [9.17, 15) is 9.59 Å². The summed E-state index contributed by atoms with van der Waals surface area (Å²) < 4.78 is 5.18. The average molecular weight is 421 g/mol. The lowest BCUT2D eigenvalue weighted by atomic mass is 10.1. The van der Waals surface area contributed by atoms with Crippen LogP contribution in [0.15, 0.2) is 71.7 Å². The van der Waals surface area contributed by atoms with Crippen molar-refractivity contribution in [3.8, 4) is 5.75 Å². The average Bonchev–Trinajstić information content (AvgIpc) is 3.26. The second-order valence-electron chi connectivity index (χ2n) is 6.87. The smallest absolute Gasteiger partial charge is 0.268 e. The first kappa shape index (κ1) is 21.3. The van der Waals surface area contributed by atoms with Crippen molar-refractivity contribution in [1.82, 2.24) is 10.6 Å². The standard InChI is InChI=1S/C24H24N2O3S/c1-16-6-4-7-19(14-16)23(27)26-22(15-21-8-5-13-30-21)24(28)25-17(2)18-9-11-20(29-3)12-10-18/h4-15,17H,1-3H3,(H,25,28)(H,26,27)/b22-15-. The molecule has 1 atom stereocenters. The van der Waals surface area contributed by atoms with Crippen LogP contribution in [0.4, 0.5) is 0 Å². The molecule has 1 heterocycles. The molecule has 0 fully saturated rings. The zero-order valence-electron chi connectivity index (χ0n) is 17.1. The molecule has 2 N–H and O–H groups in total. The lowest BCUT2D eigenvalue weighted by Crippen LogP contribution is -2.36. The third-order valence-corrected chi connectivity index (χ3v) is 5.39. The second-order valence-corrected chi connectivity index (χ2v) is 7.84. The zero-order chi connectivity index (χ0) is 21.5. The molecule has 3 aromatic rings. The molecule has 2 aromatic carbocycles. The van der Waals surface area contributed by atoms with Gasteiger partial charge in [-0.15, -0.1) is 11.3 Å². The summed E-state index contributed by atoms with van der Waals surface area (Å²) in [5.74, 6) is 0.0717. The van der Waals surface area contributed by atoms with Crippen LogP contribution in [0, 0.1) is 6.92 Å². The van der Waals surface area contributed by atoms with Crippen LogP contribution in [-0.2, 0) is 4.79 Å². The number of thiophene rings is 1. The van der Waals surface area contributed by atoms with Crippen molar-refractivity contribution in [2.75, 3.05) is 7.11 Å². The Kier molecular flexibility index (Phi) is 7.03. The van der Waals surface area contributed by atoms with Crippen LogP contribution in [0.25, 0.3) is 6.08 Å². The first-order valence-corrected chi connectivity index (χ1v) is 10.4. The maximum absolute atomic E-state index is 13.0. The highest BCUT2D eigenvalue weighted by molar-refractivity contribution is 7.10. The van der Waals surface area contributed by atoms with E-state index in [-0.39, 0.29) is 23.6 Å². The Balaban J connectivity index is 1.79. The number of hydrogen-bond acceptors (Lipinski definition) is 4. The highest BCUT2D eigenvalue weighted by Crippen LogP contribution is 2.18. The number of nitrogens with one attached hydrogen (secondary N) is 2. The van der Waals surface area contributed by atoms with Crippen molar-refractivity contribution in [2.45, 2.75) is 19.9 Å². The molecule has 0 aliphatic heterocycles. The second kappa shape index (κ2) is 9.89. The van der Waals surface area contributed by atoms with E-state index in [1.807, 2.05) is 67.8 Å². The fraction of sp³-hybridized carbons (Fsp3) is 0.167. The summed E-state index contributed by atoms with van der Waals surface area (Å²) in [6.07, 6.45) is 1.69. The van der Waals surface area contributed by atoms with Crippen LogP contribution in [0.5, 0.6) is 5.75 Å². The Morgan fingerprint density at radius 2 is 1.83 bits per heavy atom. The molecule has 0 aliphatic carbocycles. The van der Waals surface area contributed by atoms with Gasteiger partial charge in [-0.25, -0.2) is 0 Å². The summed E-state index contributed by atoms with van der Waals surface area (Å²) in [5, 5.41) is 7.65. The molecule has 6 heteroatoms. The first-order chi connectivity index (χ1) is 14.5. The Morgan fingerprint density at radius 1 is 1.07 bits per heavy atom. The maximum atomic E-state index is 13.0. The van der Waals surface area contributed by atoms with Crippen molar-refractivity contribution in [3.05, 3.63) is 93.3 Å². The van der Waals surface area contributed by atoms with Crippen LogP contribution >= 0.6 is 11.3 Å². The van der Waals surface area contributed by atoms with E-state index in [1.54, 1.807) is 25.3 Å². The minimum absolute atomic E-state index is 0.198. The van der Waals surface area contributed by atoms with Gasteiger partial charge in [0.2, 0.25) is 0 Å². The molecule has 0 saturated carbocycles. The minimum Gasteiger partial charge on any atom is -0.497 e. The largest absolute Gasteiger partial charge is 0.497 e. The van der Waals surface area contributed by atoms with Gasteiger partial charge in [-0.2, -0.15) is 0 Å². The number of amides is 2. The fourth-order valence-corrected chi connectivity index (χ4v) is 3.56. The van der Waals surface area contributed by atoms with Crippen molar-refractivity contribution in [3.63, 3.8) is 0 Å². The van der Waals surface area contributed by atoms with E-state index in [2.05, 4.69) is 10.6 Å². The molecule has 0 spiro atoms. The lowest BCUT2D eigenvalue weighted by Gasteiger charge is -2.17. The van der Waals surface area contributed by atoms with Crippen molar-refractivity contribution >= 4 is 29.2 Å². The molecule has 1 unspecified atom stereocenters. The molecular formula is C24H24N2O3S. The fourth-order valence-electron chi connectivity index (χ4n) is 2.91. The van der Waals surface area contributed by atoms with Crippen LogP contribution in [0.1, 0.15) is 39.3 Å². The number of methoxy groups -OCH3 is 1. The van der Waals surface area contributed by atoms with Gasteiger partial charge in [0.15, 0.2) is 0 Å². The molecule has 0 radical (unpaired) electrons. The topological polar surface area (TPSA) is 67.4 Å². The highest BCUT2D eigenvalue weighted by Gasteiger charge is 2.18. The molecule has 30 heavy (non-hydrogen) atoms. The molecule has 1 aromatic heterocycles. The van der Waals surface area contributed by atoms with Crippen molar-refractivity contribution < 1.29 is 14.3 Å². The maximum Gasteiger partial charge on any atom is 0.268 e. The molecule has 5 nitrogen and oxygen atoms in total. The number of benzene rings is 2. The SMILES string of the molecule is COc1ccc(C(C)NC(=O)/C(=C/c2cccs2)NC(=O)c2cccc(C)c2)cc1. The Hall–Kier alpha value is -3.38. The lowest BCUT2D eigenvalue weighted by molar-refractivity contribution is -0.118. The van der Waals surface area contributed by atoms with Crippen LogP contribution in [0.3, 0.4) is 0 Å². The third kappa shape index (κ3) is 5.58. The van der Waals surface area contributed by atoms with E-state index < -0.39 is 0 Å². The van der Waals surface area contributed by atoms with Crippen molar-refractivity contribution in [1.29, 1.82) is 0 Å². The Morgan fingerprint density at radius 3 is 2.47 bits per heavy atom. The zero-order valence-corrected chi connectivity index (χ0v) is 18.0. The number of hydrogen-bond donors (Lipinski definition) is 2. The molecule has 3 rings (SSSR count). The van der Waals surface area contributed by atoms with Gasteiger partial charge < -0.3 is 15.4 Å². The summed E-state index contributed by atoms with van der Waals surface area (Å²) in [5.41, 5.74) is 2.61. The Bertz CT molecular complexity index is 1040. The predicted molar refractivity (Wildman–Crippen MR) is 120 cm³/mol. The number of carbonyl (C=O) groups is 2. The normalized spacial score (nSPS) is 12.2. The Labute approximate surface area is 180 Å². The van der Waals surface area contributed by atoms with Gasteiger partial charge >= 0.3 is 0 Å². The van der Waals surface area contributed by atoms with Gasteiger partial charge in [0.05, 0.1) is 13.2 Å². The molecular weight excluding hydrogens is 396 g/mol.